The first-order valence-corrected chi connectivity index (χ1v) is 8.49. The summed E-state index contributed by atoms with van der Waals surface area (Å²) in [5.41, 5.74) is -0.0763. The van der Waals surface area contributed by atoms with Crippen LogP contribution in [0.4, 0.5) is 0 Å². The zero-order valence-corrected chi connectivity index (χ0v) is 14.1. The molecule has 0 saturated carbocycles. The first-order chi connectivity index (χ1) is 8.60. The zero-order valence-electron chi connectivity index (χ0n) is 13.3. The molecule has 2 N–H and O–H groups in total. The Morgan fingerprint density at radius 1 is 1.26 bits per heavy atom. The van der Waals surface area contributed by atoms with Crippen molar-refractivity contribution in [1.82, 2.24) is 14.9 Å². The van der Waals surface area contributed by atoms with E-state index in [0.717, 1.165) is 19.5 Å². The van der Waals surface area contributed by atoms with Crippen molar-refractivity contribution in [2.45, 2.75) is 39.4 Å². The lowest BCUT2D eigenvalue weighted by molar-refractivity contribution is 0.242. The molecular weight excluding hydrogens is 262 g/mol. The largest absolute Gasteiger partial charge is 0.315 e. The molecule has 0 bridgehead atoms. The van der Waals surface area contributed by atoms with Gasteiger partial charge in [-0.25, -0.2) is 13.1 Å². The number of hydrogen-bond donors (Lipinski definition) is 2. The monoisotopic (exact) mass is 293 g/mol. The number of sulfonamides is 1. The summed E-state index contributed by atoms with van der Waals surface area (Å²) in [6, 6.07) is 0. The molecule has 0 amide bonds. The molecule has 19 heavy (non-hydrogen) atoms. The van der Waals surface area contributed by atoms with Crippen LogP contribution in [0.3, 0.4) is 0 Å². The van der Waals surface area contributed by atoms with Gasteiger partial charge in [0.1, 0.15) is 0 Å². The molecule has 1 unspecified atom stereocenters. The molecular formula is C13H31N3O2S. The molecule has 1 atom stereocenters. The van der Waals surface area contributed by atoms with Crippen molar-refractivity contribution >= 4 is 10.0 Å². The van der Waals surface area contributed by atoms with Gasteiger partial charge in [0.05, 0.1) is 5.25 Å². The third-order valence-electron chi connectivity index (χ3n) is 2.88. The van der Waals surface area contributed by atoms with Crippen molar-refractivity contribution in [3.8, 4) is 0 Å². The van der Waals surface area contributed by atoms with E-state index in [1.165, 1.54) is 0 Å². The Labute approximate surface area is 119 Å². The fourth-order valence-corrected chi connectivity index (χ4v) is 3.16. The van der Waals surface area contributed by atoms with E-state index in [2.05, 4.69) is 35.7 Å². The zero-order chi connectivity index (χ0) is 15.1. The van der Waals surface area contributed by atoms with E-state index >= 15 is 0 Å². The van der Waals surface area contributed by atoms with Crippen LogP contribution in [0.5, 0.6) is 0 Å². The van der Waals surface area contributed by atoms with Crippen LogP contribution in [0.25, 0.3) is 0 Å². The normalized spacial score (nSPS) is 14.9. The number of nitrogens with zero attached hydrogens (tertiary/aromatic N) is 1. The Bertz CT molecular complexity index is 340. The predicted octanol–water partition coefficient (Wildman–Crippen LogP) is 0.882. The maximum Gasteiger partial charge on any atom is 0.215 e. The van der Waals surface area contributed by atoms with E-state index in [1.54, 1.807) is 6.92 Å². The Morgan fingerprint density at radius 3 is 2.32 bits per heavy atom. The molecule has 0 heterocycles. The summed E-state index contributed by atoms with van der Waals surface area (Å²) in [6.07, 6.45) is 1.01. The molecule has 0 spiro atoms. The van der Waals surface area contributed by atoms with Crippen molar-refractivity contribution in [2.24, 2.45) is 5.41 Å². The lowest BCUT2D eigenvalue weighted by Gasteiger charge is -2.29. The molecule has 116 valence electrons. The minimum atomic E-state index is -3.24. The van der Waals surface area contributed by atoms with Crippen molar-refractivity contribution in [3.05, 3.63) is 0 Å². The van der Waals surface area contributed by atoms with E-state index in [0.29, 0.717) is 13.1 Å². The number of rotatable bonds is 10. The Hall–Kier alpha value is -0.170. The second-order valence-corrected chi connectivity index (χ2v) is 8.47. The molecule has 0 radical (unpaired) electrons. The van der Waals surface area contributed by atoms with Crippen LogP contribution >= 0.6 is 0 Å². The third-order valence-corrected chi connectivity index (χ3v) is 4.66. The summed E-state index contributed by atoms with van der Waals surface area (Å²) >= 11 is 0. The van der Waals surface area contributed by atoms with Gasteiger partial charge in [-0.05, 0) is 39.4 Å². The van der Waals surface area contributed by atoms with Crippen molar-refractivity contribution in [1.29, 1.82) is 0 Å². The quantitative estimate of drug-likeness (QED) is 0.587. The second kappa shape index (κ2) is 8.19. The summed E-state index contributed by atoms with van der Waals surface area (Å²) in [5, 5.41) is 2.73. The molecule has 0 saturated heterocycles. The minimum Gasteiger partial charge on any atom is -0.315 e. The van der Waals surface area contributed by atoms with Gasteiger partial charge in [0, 0.05) is 19.6 Å². The van der Waals surface area contributed by atoms with Crippen LogP contribution in [0.2, 0.25) is 0 Å². The van der Waals surface area contributed by atoms with Crippen LogP contribution in [0.15, 0.2) is 0 Å². The van der Waals surface area contributed by atoms with E-state index < -0.39 is 15.3 Å². The van der Waals surface area contributed by atoms with Crippen molar-refractivity contribution in [2.75, 3.05) is 40.3 Å². The molecule has 6 heteroatoms. The summed E-state index contributed by atoms with van der Waals surface area (Å²) in [6.45, 7) is 10.6. The molecule has 0 aliphatic heterocycles. The van der Waals surface area contributed by atoms with E-state index in [9.17, 15) is 8.42 Å². The molecule has 0 aromatic carbocycles. The highest BCUT2D eigenvalue weighted by molar-refractivity contribution is 7.90. The van der Waals surface area contributed by atoms with Gasteiger partial charge < -0.3 is 10.2 Å². The molecule has 5 nitrogen and oxygen atoms in total. The third kappa shape index (κ3) is 8.57. The fraction of sp³-hybridized carbons (Fsp3) is 1.00. The summed E-state index contributed by atoms with van der Waals surface area (Å²) in [5.74, 6) is 0. The lowest BCUT2D eigenvalue weighted by atomic mass is 9.93. The van der Waals surface area contributed by atoms with Gasteiger partial charge >= 0.3 is 0 Å². The van der Waals surface area contributed by atoms with E-state index in [1.807, 2.05) is 14.1 Å². The lowest BCUT2D eigenvalue weighted by Crippen LogP contribution is -2.45. The van der Waals surface area contributed by atoms with Gasteiger partial charge in [0.2, 0.25) is 10.0 Å². The van der Waals surface area contributed by atoms with Crippen molar-refractivity contribution < 1.29 is 8.42 Å². The van der Waals surface area contributed by atoms with Crippen molar-refractivity contribution in [3.63, 3.8) is 0 Å². The molecule has 0 fully saturated rings. The molecule has 0 aromatic heterocycles. The van der Waals surface area contributed by atoms with Gasteiger partial charge in [-0.3, -0.25) is 0 Å². The second-order valence-electron chi connectivity index (χ2n) is 6.28. The molecule has 0 aromatic rings. The predicted molar refractivity (Wildman–Crippen MR) is 81.9 cm³/mol. The van der Waals surface area contributed by atoms with E-state index in [4.69, 9.17) is 0 Å². The molecule has 0 aliphatic carbocycles. The molecule has 0 rings (SSSR count). The highest BCUT2D eigenvalue weighted by atomic mass is 32.2. The summed E-state index contributed by atoms with van der Waals surface area (Å²) < 4.78 is 26.9. The average Bonchev–Trinajstić information content (AvgIpc) is 2.25. The highest BCUT2D eigenvalue weighted by Crippen LogP contribution is 2.15. The van der Waals surface area contributed by atoms with Crippen LogP contribution < -0.4 is 10.0 Å². The summed E-state index contributed by atoms with van der Waals surface area (Å²) in [7, 11) is 0.746. The number of hydrogen-bond acceptors (Lipinski definition) is 4. The van der Waals surface area contributed by atoms with Crippen LogP contribution in [-0.4, -0.2) is 58.8 Å². The topological polar surface area (TPSA) is 61.4 Å². The first kappa shape index (κ1) is 18.8. The van der Waals surface area contributed by atoms with Gasteiger partial charge in [-0.15, -0.1) is 0 Å². The first-order valence-electron chi connectivity index (χ1n) is 6.94. The Morgan fingerprint density at radius 2 is 1.84 bits per heavy atom. The molecule has 0 aliphatic rings. The van der Waals surface area contributed by atoms with Gasteiger partial charge in [0.15, 0.2) is 0 Å². The SMILES string of the molecule is CCCNCC(C)S(=O)(=O)NCC(C)(C)CN(C)C. The maximum atomic E-state index is 12.1. The highest BCUT2D eigenvalue weighted by Gasteiger charge is 2.25. The maximum absolute atomic E-state index is 12.1. The van der Waals surface area contributed by atoms with Crippen LogP contribution in [-0.2, 0) is 10.0 Å². The van der Waals surface area contributed by atoms with Gasteiger partial charge in [-0.1, -0.05) is 20.8 Å². The number of nitrogens with one attached hydrogen (secondary N) is 2. The smallest absolute Gasteiger partial charge is 0.215 e. The minimum absolute atomic E-state index is 0.0763. The van der Waals surface area contributed by atoms with Crippen LogP contribution in [0, 0.1) is 5.41 Å². The standard InChI is InChI=1S/C13H31N3O2S/c1-7-8-14-9-12(2)19(17,18)15-10-13(3,4)11-16(5)6/h12,14-15H,7-11H2,1-6H3. The average molecular weight is 293 g/mol. The van der Waals surface area contributed by atoms with Gasteiger partial charge in [-0.2, -0.15) is 0 Å². The summed E-state index contributed by atoms with van der Waals surface area (Å²) in [4.78, 5) is 2.07. The Balaban J connectivity index is 4.29. The van der Waals surface area contributed by atoms with E-state index in [-0.39, 0.29) is 5.41 Å². The van der Waals surface area contributed by atoms with Crippen LogP contribution in [0.1, 0.15) is 34.1 Å². The Kier molecular flexibility index (Phi) is 8.12. The van der Waals surface area contributed by atoms with Gasteiger partial charge in [0.25, 0.3) is 0 Å². The fourth-order valence-electron chi connectivity index (χ4n) is 1.94.